The number of rotatable bonds is 8. The predicted octanol–water partition coefficient (Wildman–Crippen LogP) is 4.55. The third-order valence-corrected chi connectivity index (χ3v) is 7.17. The van der Waals surface area contributed by atoms with E-state index in [2.05, 4.69) is 0 Å². The standard InChI is InChI=1S/C28H35FN2O5/c1-34-24-12-7-21(17-25(24)35-2)27(33)31-16-6-13-28(19-31,18-26(32)30-14-4-3-5-15-30)20-36-23-10-8-22(29)9-11-23/h7-12,17H,3-6,13-16,18-20H2,1-2H3/t28-/m0/s1. The third-order valence-electron chi connectivity index (χ3n) is 7.17. The van der Waals surface area contributed by atoms with Crippen molar-refractivity contribution in [3.8, 4) is 17.2 Å². The van der Waals surface area contributed by atoms with Crippen molar-refractivity contribution in [1.29, 1.82) is 0 Å². The Morgan fingerprint density at radius 1 is 0.889 bits per heavy atom. The highest BCUT2D eigenvalue weighted by atomic mass is 19.1. The van der Waals surface area contributed by atoms with E-state index in [9.17, 15) is 14.0 Å². The molecule has 0 radical (unpaired) electrons. The monoisotopic (exact) mass is 498 g/mol. The Balaban J connectivity index is 1.54. The number of hydrogen-bond donors (Lipinski definition) is 0. The molecule has 2 heterocycles. The molecule has 4 rings (SSSR count). The van der Waals surface area contributed by atoms with E-state index in [1.54, 1.807) is 37.4 Å². The lowest BCUT2D eigenvalue weighted by atomic mass is 9.77. The second-order valence-corrected chi connectivity index (χ2v) is 9.76. The van der Waals surface area contributed by atoms with Crippen LogP contribution < -0.4 is 14.2 Å². The zero-order valence-corrected chi connectivity index (χ0v) is 21.1. The van der Waals surface area contributed by atoms with Gasteiger partial charge in [-0.05, 0) is 74.6 Å². The van der Waals surface area contributed by atoms with Crippen LogP contribution in [-0.4, -0.2) is 68.6 Å². The molecule has 1 atom stereocenters. The Kier molecular flexibility index (Phi) is 8.33. The first-order valence-electron chi connectivity index (χ1n) is 12.6. The first-order chi connectivity index (χ1) is 17.4. The highest BCUT2D eigenvalue weighted by Gasteiger charge is 2.41. The van der Waals surface area contributed by atoms with Gasteiger partial charge in [0.1, 0.15) is 11.6 Å². The van der Waals surface area contributed by atoms with Gasteiger partial charge in [-0.25, -0.2) is 4.39 Å². The van der Waals surface area contributed by atoms with Gasteiger partial charge >= 0.3 is 0 Å². The molecule has 2 amide bonds. The number of ether oxygens (including phenoxy) is 3. The number of methoxy groups -OCH3 is 2. The molecule has 2 aliphatic rings. The second kappa shape index (κ2) is 11.6. The normalized spacial score (nSPS) is 20.1. The molecular weight excluding hydrogens is 463 g/mol. The molecule has 0 saturated carbocycles. The number of likely N-dealkylation sites (tertiary alicyclic amines) is 2. The van der Waals surface area contributed by atoms with Gasteiger partial charge in [0, 0.05) is 43.6 Å². The molecule has 36 heavy (non-hydrogen) atoms. The molecule has 2 saturated heterocycles. The summed E-state index contributed by atoms with van der Waals surface area (Å²) in [6.07, 6.45) is 5.03. The Morgan fingerprint density at radius 3 is 2.28 bits per heavy atom. The summed E-state index contributed by atoms with van der Waals surface area (Å²) >= 11 is 0. The lowest BCUT2D eigenvalue weighted by Gasteiger charge is -2.43. The molecule has 2 fully saturated rings. The van der Waals surface area contributed by atoms with Gasteiger partial charge < -0.3 is 24.0 Å². The maximum Gasteiger partial charge on any atom is 0.254 e. The molecule has 2 aromatic carbocycles. The van der Waals surface area contributed by atoms with E-state index in [1.165, 1.54) is 19.2 Å². The van der Waals surface area contributed by atoms with Gasteiger partial charge in [0.2, 0.25) is 5.91 Å². The molecule has 0 N–H and O–H groups in total. The number of hydrogen-bond acceptors (Lipinski definition) is 5. The molecule has 2 aliphatic heterocycles. The van der Waals surface area contributed by atoms with Crippen molar-refractivity contribution in [2.45, 2.75) is 38.5 Å². The van der Waals surface area contributed by atoms with Crippen LogP contribution in [0.25, 0.3) is 0 Å². The minimum atomic E-state index is -0.534. The topological polar surface area (TPSA) is 68.3 Å². The molecule has 7 nitrogen and oxygen atoms in total. The van der Waals surface area contributed by atoms with Crippen LogP contribution in [-0.2, 0) is 4.79 Å². The maximum atomic E-state index is 13.5. The van der Waals surface area contributed by atoms with Crippen LogP contribution in [0.15, 0.2) is 42.5 Å². The smallest absolute Gasteiger partial charge is 0.254 e. The zero-order valence-electron chi connectivity index (χ0n) is 21.1. The fourth-order valence-electron chi connectivity index (χ4n) is 5.19. The van der Waals surface area contributed by atoms with Crippen LogP contribution in [0.4, 0.5) is 4.39 Å². The number of carbonyl (C=O) groups excluding carboxylic acids is 2. The molecule has 0 bridgehead atoms. The largest absolute Gasteiger partial charge is 0.493 e. The van der Waals surface area contributed by atoms with Crippen molar-refractivity contribution < 1.29 is 28.2 Å². The van der Waals surface area contributed by atoms with E-state index in [1.807, 2.05) is 9.80 Å². The molecular formula is C28H35FN2O5. The molecule has 0 aliphatic carbocycles. The summed E-state index contributed by atoms with van der Waals surface area (Å²) in [7, 11) is 3.09. The fraction of sp³-hybridized carbons (Fsp3) is 0.500. The van der Waals surface area contributed by atoms with Crippen LogP contribution >= 0.6 is 0 Å². The average Bonchev–Trinajstić information content (AvgIpc) is 2.92. The van der Waals surface area contributed by atoms with E-state index in [0.29, 0.717) is 42.3 Å². The lowest BCUT2D eigenvalue weighted by Crippen LogP contribution is -2.51. The van der Waals surface area contributed by atoms with Crippen molar-refractivity contribution in [2.75, 3.05) is 47.0 Å². The molecule has 0 spiro atoms. The van der Waals surface area contributed by atoms with Crippen LogP contribution in [0.5, 0.6) is 17.2 Å². The zero-order chi connectivity index (χ0) is 25.5. The van der Waals surface area contributed by atoms with E-state index in [-0.39, 0.29) is 24.2 Å². The van der Waals surface area contributed by atoms with Gasteiger partial charge in [0.15, 0.2) is 11.5 Å². The first-order valence-corrected chi connectivity index (χ1v) is 12.6. The number of nitrogens with zero attached hydrogens (tertiary/aromatic N) is 2. The SMILES string of the molecule is COc1ccc(C(=O)N2CCC[C@](COc3ccc(F)cc3)(CC(=O)N3CCCCC3)C2)cc1OC. The maximum absolute atomic E-state index is 13.5. The summed E-state index contributed by atoms with van der Waals surface area (Å²) in [5.74, 6) is 1.25. The number of carbonyl (C=O) groups is 2. The molecule has 194 valence electrons. The quantitative estimate of drug-likeness (QED) is 0.534. The van der Waals surface area contributed by atoms with Crippen LogP contribution in [0.2, 0.25) is 0 Å². The third kappa shape index (κ3) is 6.09. The van der Waals surface area contributed by atoms with Crippen molar-refractivity contribution in [3.63, 3.8) is 0 Å². The van der Waals surface area contributed by atoms with Gasteiger partial charge in [0.05, 0.1) is 20.8 Å². The summed E-state index contributed by atoms with van der Waals surface area (Å²) in [5, 5.41) is 0. The van der Waals surface area contributed by atoms with Gasteiger partial charge in [-0.3, -0.25) is 9.59 Å². The van der Waals surface area contributed by atoms with Gasteiger partial charge in [-0.2, -0.15) is 0 Å². The number of piperidine rings is 2. The van der Waals surface area contributed by atoms with Crippen LogP contribution in [0, 0.1) is 11.2 Å². The average molecular weight is 499 g/mol. The Hall–Kier alpha value is -3.29. The van der Waals surface area contributed by atoms with Crippen LogP contribution in [0.3, 0.4) is 0 Å². The summed E-state index contributed by atoms with van der Waals surface area (Å²) in [6.45, 7) is 2.84. The molecule has 2 aromatic rings. The number of amides is 2. The summed E-state index contributed by atoms with van der Waals surface area (Å²) < 4.78 is 30.1. The Bertz CT molecular complexity index is 1050. The van der Waals surface area contributed by atoms with E-state index in [4.69, 9.17) is 14.2 Å². The van der Waals surface area contributed by atoms with Gasteiger partial charge in [-0.15, -0.1) is 0 Å². The Labute approximate surface area is 212 Å². The summed E-state index contributed by atoms with van der Waals surface area (Å²) in [5.41, 5.74) is -0.0295. The fourth-order valence-corrected chi connectivity index (χ4v) is 5.19. The number of benzene rings is 2. The van der Waals surface area contributed by atoms with E-state index < -0.39 is 5.41 Å². The Morgan fingerprint density at radius 2 is 1.58 bits per heavy atom. The van der Waals surface area contributed by atoms with E-state index >= 15 is 0 Å². The van der Waals surface area contributed by atoms with Gasteiger partial charge in [-0.1, -0.05) is 0 Å². The van der Waals surface area contributed by atoms with Crippen molar-refractivity contribution >= 4 is 11.8 Å². The molecule has 0 aromatic heterocycles. The highest BCUT2D eigenvalue weighted by Crippen LogP contribution is 2.37. The van der Waals surface area contributed by atoms with Gasteiger partial charge in [0.25, 0.3) is 5.91 Å². The van der Waals surface area contributed by atoms with Crippen molar-refractivity contribution in [1.82, 2.24) is 9.80 Å². The second-order valence-electron chi connectivity index (χ2n) is 9.76. The first kappa shape index (κ1) is 25.8. The minimum absolute atomic E-state index is 0.109. The van der Waals surface area contributed by atoms with Crippen LogP contribution in [0.1, 0.15) is 48.9 Å². The molecule has 0 unspecified atom stereocenters. The summed E-state index contributed by atoms with van der Waals surface area (Å²) in [4.78, 5) is 30.6. The van der Waals surface area contributed by atoms with Crippen molar-refractivity contribution in [3.05, 3.63) is 53.8 Å². The number of halogens is 1. The highest BCUT2D eigenvalue weighted by molar-refractivity contribution is 5.95. The molecule has 8 heteroatoms. The van der Waals surface area contributed by atoms with Crippen molar-refractivity contribution in [2.24, 2.45) is 5.41 Å². The summed E-state index contributed by atoms with van der Waals surface area (Å²) in [6, 6.07) is 11.0. The lowest BCUT2D eigenvalue weighted by molar-refractivity contribution is -0.136. The van der Waals surface area contributed by atoms with E-state index in [0.717, 1.165) is 45.2 Å². The minimum Gasteiger partial charge on any atom is -0.493 e. The predicted molar refractivity (Wildman–Crippen MR) is 134 cm³/mol.